The number of piperazine rings is 1. The van der Waals surface area contributed by atoms with Gasteiger partial charge in [-0.1, -0.05) is 11.3 Å². The molecule has 4 heterocycles. The maximum Gasteiger partial charge on any atom is 0.291 e. The molecule has 4 aliphatic rings. The molecule has 0 atom stereocenters. The van der Waals surface area contributed by atoms with Crippen LogP contribution in [0.5, 0.6) is 0 Å². The number of nitrogens with zero attached hydrogens (tertiary/aromatic N) is 6. The van der Waals surface area contributed by atoms with Gasteiger partial charge in [-0.15, -0.1) is 10.2 Å². The van der Waals surface area contributed by atoms with Crippen LogP contribution in [0.15, 0.2) is 17.0 Å². The number of imidazole rings is 1. The van der Waals surface area contributed by atoms with Crippen LogP contribution >= 0.6 is 11.3 Å². The Hall–Kier alpha value is -2.75. The van der Waals surface area contributed by atoms with Gasteiger partial charge in [-0.2, -0.15) is 0 Å². The van der Waals surface area contributed by atoms with E-state index < -0.39 is 32.6 Å². The van der Waals surface area contributed by atoms with Crippen molar-refractivity contribution in [2.24, 2.45) is 0 Å². The monoisotopic (exact) mass is 607 g/mol. The van der Waals surface area contributed by atoms with Crippen molar-refractivity contribution in [1.29, 1.82) is 0 Å². The fraction of sp³-hybridized carbons (Fsp3) is 0.615. The number of carbonyl (C=O) groups excluding carboxylic acids is 1. The Bertz CT molecular complexity index is 1640. The van der Waals surface area contributed by atoms with Gasteiger partial charge in [0.2, 0.25) is 10.0 Å². The number of anilines is 1. The Morgan fingerprint density at radius 2 is 1.83 bits per heavy atom. The molecule has 0 aromatic carbocycles. The van der Waals surface area contributed by atoms with Gasteiger partial charge in [0.25, 0.3) is 12.3 Å². The van der Waals surface area contributed by atoms with Gasteiger partial charge in [-0.3, -0.25) is 9.20 Å². The highest BCUT2D eigenvalue weighted by Crippen LogP contribution is 2.45. The molecule has 220 valence electrons. The van der Waals surface area contributed by atoms with E-state index in [9.17, 15) is 22.0 Å². The highest BCUT2D eigenvalue weighted by atomic mass is 32.2. The summed E-state index contributed by atoms with van der Waals surface area (Å²) in [6.07, 6.45) is 2.04. The summed E-state index contributed by atoms with van der Waals surface area (Å²) >= 11 is 0.760. The lowest BCUT2D eigenvalue weighted by molar-refractivity contribution is -0.144. The number of hydrogen-bond acceptors (Lipinski definition) is 9. The summed E-state index contributed by atoms with van der Waals surface area (Å²) in [6, 6.07) is 3.22. The molecule has 3 aromatic heterocycles. The van der Waals surface area contributed by atoms with Crippen LogP contribution in [0.3, 0.4) is 0 Å². The van der Waals surface area contributed by atoms with E-state index in [0.29, 0.717) is 43.2 Å². The molecule has 0 spiro atoms. The lowest BCUT2D eigenvalue weighted by atomic mass is 10.2. The van der Waals surface area contributed by atoms with Gasteiger partial charge in [-0.25, -0.2) is 26.9 Å². The SMILES string of the molecule is COC1(C(=O)N2CCN(c3cc(S(=O)(=O)NC4(C)CC4)cc4c(-c5nnc(C(F)F)s5)nc(C5CC5)n34)CC2)CC1. The molecule has 1 amide bonds. The summed E-state index contributed by atoms with van der Waals surface area (Å²) in [5.41, 5.74) is -0.356. The number of amides is 1. The Labute approximate surface area is 239 Å². The average molecular weight is 608 g/mol. The minimum absolute atomic E-state index is 0.00214. The number of nitrogens with one attached hydrogen (secondary N) is 1. The molecule has 3 aromatic rings. The third-order valence-electron chi connectivity index (χ3n) is 8.56. The van der Waals surface area contributed by atoms with E-state index in [2.05, 4.69) is 19.8 Å². The maximum absolute atomic E-state index is 13.6. The van der Waals surface area contributed by atoms with E-state index in [1.165, 1.54) is 0 Å². The fourth-order valence-electron chi connectivity index (χ4n) is 5.49. The van der Waals surface area contributed by atoms with Crippen LogP contribution < -0.4 is 9.62 Å². The normalized spacial score (nSPS) is 21.6. The number of sulfonamides is 1. The Balaban J connectivity index is 1.32. The summed E-state index contributed by atoms with van der Waals surface area (Å²) in [6.45, 7) is 3.78. The van der Waals surface area contributed by atoms with Crippen LogP contribution in [0, 0.1) is 0 Å². The third-order valence-corrected chi connectivity index (χ3v) is 11.1. The summed E-state index contributed by atoms with van der Waals surface area (Å²) in [5.74, 6) is 1.56. The van der Waals surface area contributed by atoms with Crippen molar-refractivity contribution in [3.8, 4) is 10.7 Å². The smallest absolute Gasteiger partial charge is 0.291 e. The van der Waals surface area contributed by atoms with Crippen molar-refractivity contribution in [1.82, 2.24) is 29.2 Å². The molecular weight excluding hydrogens is 576 g/mol. The summed E-state index contributed by atoms with van der Waals surface area (Å²) in [4.78, 5) is 21.9. The molecule has 3 aliphatic carbocycles. The Morgan fingerprint density at radius 3 is 2.39 bits per heavy atom. The molecular formula is C26H31F2N7O4S2. The van der Waals surface area contributed by atoms with Crippen molar-refractivity contribution in [3.63, 3.8) is 0 Å². The molecule has 1 aliphatic heterocycles. The second-order valence-electron chi connectivity index (χ2n) is 11.8. The highest BCUT2D eigenvalue weighted by molar-refractivity contribution is 7.89. The van der Waals surface area contributed by atoms with Crippen molar-refractivity contribution >= 4 is 38.6 Å². The number of hydrogen-bond donors (Lipinski definition) is 1. The topological polar surface area (TPSA) is 122 Å². The van der Waals surface area contributed by atoms with E-state index >= 15 is 0 Å². The molecule has 0 bridgehead atoms. The summed E-state index contributed by atoms with van der Waals surface area (Å²) < 4.78 is 64.2. The zero-order valence-corrected chi connectivity index (χ0v) is 24.4. The van der Waals surface area contributed by atoms with Crippen LogP contribution in [0.25, 0.3) is 16.2 Å². The van der Waals surface area contributed by atoms with E-state index in [1.807, 2.05) is 16.2 Å². The first-order valence-corrected chi connectivity index (χ1v) is 16.1. The third kappa shape index (κ3) is 4.79. The molecule has 7 rings (SSSR count). The van der Waals surface area contributed by atoms with Gasteiger partial charge in [0.15, 0.2) is 10.0 Å². The fourth-order valence-corrected chi connectivity index (χ4v) is 7.69. The van der Waals surface area contributed by atoms with Crippen molar-refractivity contribution in [3.05, 3.63) is 23.0 Å². The molecule has 1 N–H and O–H groups in total. The van der Waals surface area contributed by atoms with Gasteiger partial charge >= 0.3 is 0 Å². The number of aromatic nitrogens is 4. The maximum atomic E-state index is 13.6. The Morgan fingerprint density at radius 1 is 1.12 bits per heavy atom. The molecule has 41 heavy (non-hydrogen) atoms. The summed E-state index contributed by atoms with van der Waals surface area (Å²) in [7, 11) is -2.33. The van der Waals surface area contributed by atoms with Crippen LogP contribution in [-0.4, -0.2) is 83.2 Å². The number of halogens is 2. The van der Waals surface area contributed by atoms with Crippen molar-refractivity contribution in [2.75, 3.05) is 38.2 Å². The first-order valence-electron chi connectivity index (χ1n) is 13.8. The molecule has 3 saturated carbocycles. The Kier molecular flexibility index (Phi) is 6.20. The second-order valence-corrected chi connectivity index (χ2v) is 14.4. The van der Waals surface area contributed by atoms with Gasteiger partial charge in [0, 0.05) is 44.7 Å². The zero-order chi connectivity index (χ0) is 28.7. The number of ether oxygens (including phenoxy) is 1. The first-order chi connectivity index (χ1) is 19.5. The average Bonchev–Trinajstić information content (AvgIpc) is 3.91. The van der Waals surface area contributed by atoms with E-state index in [0.717, 1.165) is 55.7 Å². The van der Waals surface area contributed by atoms with E-state index in [1.54, 1.807) is 19.2 Å². The van der Waals surface area contributed by atoms with Crippen molar-refractivity contribution in [2.45, 2.75) is 73.8 Å². The van der Waals surface area contributed by atoms with Gasteiger partial charge in [0.1, 0.15) is 22.9 Å². The first kappa shape index (κ1) is 27.1. The van der Waals surface area contributed by atoms with E-state index in [4.69, 9.17) is 9.72 Å². The van der Waals surface area contributed by atoms with Gasteiger partial charge in [-0.05, 0) is 57.6 Å². The van der Waals surface area contributed by atoms with Crippen molar-refractivity contribution < 1.29 is 26.7 Å². The lowest BCUT2D eigenvalue weighted by Crippen LogP contribution is -2.53. The lowest BCUT2D eigenvalue weighted by Gasteiger charge is -2.38. The quantitative estimate of drug-likeness (QED) is 0.393. The predicted octanol–water partition coefficient (Wildman–Crippen LogP) is 3.33. The zero-order valence-electron chi connectivity index (χ0n) is 22.8. The minimum Gasteiger partial charge on any atom is -0.368 e. The van der Waals surface area contributed by atoms with Crippen LogP contribution in [0.4, 0.5) is 14.6 Å². The van der Waals surface area contributed by atoms with Crippen LogP contribution in [0.2, 0.25) is 0 Å². The molecule has 11 nitrogen and oxygen atoms in total. The number of methoxy groups -OCH3 is 1. The minimum atomic E-state index is -3.90. The number of rotatable bonds is 9. The molecule has 0 radical (unpaired) electrons. The predicted molar refractivity (Wildman–Crippen MR) is 147 cm³/mol. The number of alkyl halides is 2. The second kappa shape index (κ2) is 9.38. The van der Waals surface area contributed by atoms with E-state index in [-0.39, 0.29) is 21.7 Å². The largest absolute Gasteiger partial charge is 0.368 e. The molecule has 15 heteroatoms. The van der Waals surface area contributed by atoms with Crippen LogP contribution in [-0.2, 0) is 19.6 Å². The number of carbonyl (C=O) groups is 1. The molecule has 1 saturated heterocycles. The number of pyridine rings is 1. The van der Waals surface area contributed by atoms with Crippen LogP contribution in [0.1, 0.15) is 68.6 Å². The molecule has 4 fully saturated rings. The number of fused-ring (bicyclic) bond motifs is 1. The van der Waals surface area contributed by atoms with Gasteiger partial charge in [0.05, 0.1) is 10.4 Å². The van der Waals surface area contributed by atoms with Gasteiger partial charge < -0.3 is 14.5 Å². The summed E-state index contributed by atoms with van der Waals surface area (Å²) in [5, 5.41) is 7.45. The standard InChI is InChI=1S/C26H31F2N7O4S2/c1-25(5-6-25)32-41(37,38)16-13-17-19(22-30-31-23(40-22)20(27)28)29-21(15-3-4-15)35(17)18(14-16)33-9-11-34(12-10-33)24(36)26(39-2)7-8-26/h13-15,20,32H,3-12H2,1-2H3. The molecule has 0 unspecified atom stereocenters. The highest BCUT2D eigenvalue weighted by Gasteiger charge is 2.52.